The predicted molar refractivity (Wildman–Crippen MR) is 109 cm³/mol. The highest BCUT2D eigenvalue weighted by Gasteiger charge is 2.38. The number of para-hydroxylation sites is 1. The summed E-state index contributed by atoms with van der Waals surface area (Å²) in [5, 5.41) is 3.51. The van der Waals surface area contributed by atoms with Gasteiger partial charge in [-0.2, -0.15) is 0 Å². The summed E-state index contributed by atoms with van der Waals surface area (Å²) in [7, 11) is 0. The zero-order valence-corrected chi connectivity index (χ0v) is 16.5. The molecule has 0 spiro atoms. The van der Waals surface area contributed by atoms with Crippen LogP contribution in [0, 0.1) is 0 Å². The number of carbonyl (C=O) groups excluding carboxylic acids is 2. The van der Waals surface area contributed by atoms with Crippen LogP contribution >= 0.6 is 0 Å². The number of benzene rings is 1. The number of aromatic nitrogens is 1. The van der Waals surface area contributed by atoms with E-state index in [-0.39, 0.29) is 24.5 Å². The molecule has 0 saturated carbocycles. The quantitative estimate of drug-likeness (QED) is 0.819. The maximum Gasteiger partial charge on any atom is 0.343 e. The Morgan fingerprint density at radius 1 is 1.07 bits per heavy atom. The van der Waals surface area contributed by atoms with E-state index in [2.05, 4.69) is 11.1 Å². The Labute approximate surface area is 165 Å². The van der Waals surface area contributed by atoms with Crippen molar-refractivity contribution in [3.8, 4) is 0 Å². The van der Waals surface area contributed by atoms with Crippen LogP contribution in [0.3, 0.4) is 0 Å². The first-order valence-electron chi connectivity index (χ1n) is 9.78. The number of nitrogens with zero attached hydrogens (tertiary/aromatic N) is 5. The topological polar surface area (TPSA) is 60.0 Å². The largest absolute Gasteiger partial charge is 0.343 e. The molecular formula is C21H25N5O2. The second-order valence-corrected chi connectivity index (χ2v) is 7.09. The third-order valence-electron chi connectivity index (χ3n) is 5.41. The second kappa shape index (κ2) is 7.14. The van der Waals surface area contributed by atoms with Crippen LogP contribution in [0.25, 0.3) is 0 Å². The Bertz CT molecular complexity index is 915. The number of anilines is 3. The highest BCUT2D eigenvalue weighted by Crippen LogP contribution is 2.35. The van der Waals surface area contributed by atoms with Gasteiger partial charge in [-0.05, 0) is 51.0 Å². The van der Waals surface area contributed by atoms with Crippen LogP contribution in [0.5, 0.6) is 0 Å². The highest BCUT2D eigenvalue weighted by molar-refractivity contribution is 6.07. The smallest absolute Gasteiger partial charge is 0.307 e. The number of hydrogen-bond donors (Lipinski definition) is 0. The van der Waals surface area contributed by atoms with Gasteiger partial charge in [-0.1, -0.05) is 18.2 Å². The Hall–Kier alpha value is -3.09. The van der Waals surface area contributed by atoms with E-state index in [1.165, 1.54) is 5.56 Å². The first-order chi connectivity index (χ1) is 13.6. The second-order valence-electron chi connectivity index (χ2n) is 7.09. The number of amides is 3. The minimum atomic E-state index is -0.196. The first kappa shape index (κ1) is 18.3. The van der Waals surface area contributed by atoms with Crippen LogP contribution in [0.4, 0.5) is 22.0 Å². The molecule has 3 heterocycles. The molecule has 1 atom stereocenters. The Kier molecular flexibility index (Phi) is 4.66. The summed E-state index contributed by atoms with van der Waals surface area (Å²) in [4.78, 5) is 34.3. The maximum atomic E-state index is 13.3. The molecular weight excluding hydrogens is 354 g/mol. The van der Waals surface area contributed by atoms with Crippen molar-refractivity contribution in [3.63, 3.8) is 0 Å². The number of pyridine rings is 1. The van der Waals surface area contributed by atoms with E-state index in [0.29, 0.717) is 24.6 Å². The SMILES string of the molecule is CCN1C(=O)N(CC(=O)N2c3ccccc3C[C@@H]2C)c2cccnc2N1CC. The fourth-order valence-corrected chi connectivity index (χ4v) is 4.19. The van der Waals surface area contributed by atoms with E-state index in [1.54, 1.807) is 22.2 Å². The summed E-state index contributed by atoms with van der Waals surface area (Å²) < 4.78 is 0. The van der Waals surface area contributed by atoms with E-state index in [0.717, 1.165) is 12.1 Å². The van der Waals surface area contributed by atoms with E-state index in [9.17, 15) is 9.59 Å². The number of rotatable bonds is 4. The van der Waals surface area contributed by atoms with Gasteiger partial charge in [0, 0.05) is 31.0 Å². The van der Waals surface area contributed by atoms with Crippen molar-refractivity contribution in [1.82, 2.24) is 9.99 Å². The van der Waals surface area contributed by atoms with Crippen molar-refractivity contribution >= 4 is 29.1 Å². The number of hydrazine groups is 1. The average Bonchev–Trinajstić information content (AvgIpc) is 3.05. The summed E-state index contributed by atoms with van der Waals surface area (Å²) in [6.45, 7) is 7.08. The molecule has 146 valence electrons. The molecule has 0 bridgehead atoms. The van der Waals surface area contributed by atoms with Crippen molar-refractivity contribution in [2.75, 3.05) is 34.4 Å². The maximum absolute atomic E-state index is 13.3. The van der Waals surface area contributed by atoms with E-state index < -0.39 is 0 Å². The number of hydrogen-bond acceptors (Lipinski definition) is 4. The molecule has 0 radical (unpaired) electrons. The van der Waals surface area contributed by atoms with E-state index >= 15 is 0 Å². The zero-order valence-electron chi connectivity index (χ0n) is 16.5. The van der Waals surface area contributed by atoms with Gasteiger partial charge in [-0.15, -0.1) is 0 Å². The van der Waals surface area contributed by atoms with Crippen LogP contribution < -0.4 is 14.8 Å². The number of carbonyl (C=O) groups is 2. The standard InChI is InChI=1S/C21H25N5O2/c1-4-24-20-18(11-8-12-22-20)23(21(28)25(24)5-2)14-19(27)26-15(3)13-16-9-6-7-10-17(16)26/h6-12,15H,4-5,13-14H2,1-3H3/t15-/m0/s1. The lowest BCUT2D eigenvalue weighted by Gasteiger charge is -2.43. The molecule has 1 aromatic heterocycles. The first-order valence-corrected chi connectivity index (χ1v) is 9.78. The van der Waals surface area contributed by atoms with Gasteiger partial charge in [0.15, 0.2) is 5.82 Å². The molecule has 0 fully saturated rings. The third kappa shape index (κ3) is 2.78. The summed E-state index contributed by atoms with van der Waals surface area (Å²) in [6.07, 6.45) is 2.54. The van der Waals surface area contributed by atoms with Crippen LogP contribution in [0.2, 0.25) is 0 Å². The Morgan fingerprint density at radius 2 is 1.79 bits per heavy atom. The molecule has 0 N–H and O–H groups in total. The van der Waals surface area contributed by atoms with Crippen LogP contribution in [0.15, 0.2) is 42.6 Å². The molecule has 2 aliphatic rings. The summed E-state index contributed by atoms with van der Waals surface area (Å²) in [5.41, 5.74) is 2.79. The Balaban J connectivity index is 1.67. The van der Waals surface area contributed by atoms with Gasteiger partial charge in [-0.25, -0.2) is 14.8 Å². The van der Waals surface area contributed by atoms with Crippen LogP contribution in [0.1, 0.15) is 26.3 Å². The fraction of sp³-hybridized carbons (Fsp3) is 0.381. The normalized spacial score (nSPS) is 18.4. The van der Waals surface area contributed by atoms with Gasteiger partial charge < -0.3 is 4.90 Å². The van der Waals surface area contributed by atoms with Gasteiger partial charge in [0.05, 0.1) is 5.69 Å². The molecule has 1 aromatic carbocycles. The third-order valence-corrected chi connectivity index (χ3v) is 5.41. The van der Waals surface area contributed by atoms with Crippen LogP contribution in [-0.4, -0.2) is 47.6 Å². The molecule has 2 aliphatic heterocycles. The van der Waals surface area contributed by atoms with Gasteiger partial charge in [-0.3, -0.25) is 14.7 Å². The number of fused-ring (bicyclic) bond motifs is 2. The Morgan fingerprint density at radius 3 is 2.54 bits per heavy atom. The minimum absolute atomic E-state index is 0.00967. The van der Waals surface area contributed by atoms with Crippen molar-refractivity contribution in [2.24, 2.45) is 0 Å². The molecule has 7 heteroatoms. The number of urea groups is 1. The van der Waals surface area contributed by atoms with E-state index in [1.807, 2.05) is 54.9 Å². The summed E-state index contributed by atoms with van der Waals surface area (Å²) in [6, 6.07) is 11.5. The molecule has 2 aromatic rings. The molecule has 0 unspecified atom stereocenters. The summed E-state index contributed by atoms with van der Waals surface area (Å²) in [5.74, 6) is 0.621. The van der Waals surface area contributed by atoms with Crippen LogP contribution in [-0.2, 0) is 11.2 Å². The van der Waals surface area contributed by atoms with Gasteiger partial charge in [0.2, 0.25) is 5.91 Å². The fourth-order valence-electron chi connectivity index (χ4n) is 4.19. The van der Waals surface area contributed by atoms with Crippen molar-refractivity contribution in [2.45, 2.75) is 33.2 Å². The van der Waals surface area contributed by atoms with E-state index in [4.69, 9.17) is 0 Å². The molecule has 7 nitrogen and oxygen atoms in total. The van der Waals surface area contributed by atoms with Crippen molar-refractivity contribution in [1.29, 1.82) is 0 Å². The molecule has 3 amide bonds. The molecule has 4 rings (SSSR count). The lowest BCUT2D eigenvalue weighted by atomic mass is 10.1. The lowest BCUT2D eigenvalue weighted by molar-refractivity contribution is -0.117. The lowest BCUT2D eigenvalue weighted by Crippen LogP contribution is -2.59. The average molecular weight is 379 g/mol. The highest BCUT2D eigenvalue weighted by atomic mass is 16.2. The molecule has 0 aliphatic carbocycles. The van der Waals surface area contributed by atoms with Gasteiger partial charge >= 0.3 is 6.03 Å². The van der Waals surface area contributed by atoms with Crippen molar-refractivity contribution in [3.05, 3.63) is 48.2 Å². The monoisotopic (exact) mass is 379 g/mol. The predicted octanol–water partition coefficient (Wildman–Crippen LogP) is 3.06. The van der Waals surface area contributed by atoms with Crippen molar-refractivity contribution < 1.29 is 9.59 Å². The molecule has 0 saturated heterocycles. The molecule has 28 heavy (non-hydrogen) atoms. The van der Waals surface area contributed by atoms with Gasteiger partial charge in [0.1, 0.15) is 6.54 Å². The summed E-state index contributed by atoms with van der Waals surface area (Å²) >= 11 is 0. The van der Waals surface area contributed by atoms with Gasteiger partial charge in [0.25, 0.3) is 0 Å². The zero-order chi connectivity index (χ0) is 19.8. The minimum Gasteiger partial charge on any atom is -0.307 e.